The first-order valence-corrected chi connectivity index (χ1v) is 9.52. The van der Waals surface area contributed by atoms with Crippen molar-refractivity contribution in [1.29, 1.82) is 0 Å². The fourth-order valence-electron chi connectivity index (χ4n) is 4.11. The molecule has 25 heavy (non-hydrogen) atoms. The zero-order valence-electron chi connectivity index (χ0n) is 14.8. The first kappa shape index (κ1) is 17.9. The minimum Gasteiger partial charge on any atom is -0.369 e. The molecule has 0 bridgehead atoms. The Labute approximate surface area is 151 Å². The van der Waals surface area contributed by atoms with Gasteiger partial charge in [-0.05, 0) is 23.0 Å². The second kappa shape index (κ2) is 9.53. The standard InChI is InChI=1S/C23H28O2/c24-17-16-22(20-12-6-2-7-13-20)23(21-14-8-3-9-15-21)25-18-19-10-4-1-5-11-19/h1,3-5,8-11,14-15,17,20,22-23H,2,6-7,12-13,16,18H2. The van der Waals surface area contributed by atoms with Gasteiger partial charge in [-0.25, -0.2) is 0 Å². The van der Waals surface area contributed by atoms with E-state index >= 15 is 0 Å². The Morgan fingerprint density at radius 3 is 2.20 bits per heavy atom. The van der Waals surface area contributed by atoms with E-state index in [-0.39, 0.29) is 12.0 Å². The van der Waals surface area contributed by atoms with Crippen LogP contribution in [0.25, 0.3) is 0 Å². The molecule has 0 N–H and O–H groups in total. The highest BCUT2D eigenvalue weighted by atomic mass is 16.5. The van der Waals surface area contributed by atoms with Crippen molar-refractivity contribution in [3.05, 3.63) is 71.8 Å². The summed E-state index contributed by atoms with van der Waals surface area (Å²) in [5, 5.41) is 0. The molecule has 0 heterocycles. The van der Waals surface area contributed by atoms with Crippen molar-refractivity contribution in [2.24, 2.45) is 11.8 Å². The molecule has 132 valence electrons. The molecule has 1 saturated carbocycles. The van der Waals surface area contributed by atoms with Crippen molar-refractivity contribution >= 4 is 6.29 Å². The van der Waals surface area contributed by atoms with Crippen LogP contribution in [0.4, 0.5) is 0 Å². The van der Waals surface area contributed by atoms with Crippen LogP contribution in [0.15, 0.2) is 60.7 Å². The maximum Gasteiger partial charge on any atom is 0.120 e. The predicted octanol–water partition coefficient (Wildman–Crippen LogP) is 5.73. The van der Waals surface area contributed by atoms with Crippen molar-refractivity contribution in [2.45, 2.75) is 51.2 Å². The minimum absolute atomic E-state index is 0.0188. The van der Waals surface area contributed by atoms with Gasteiger partial charge >= 0.3 is 0 Å². The summed E-state index contributed by atoms with van der Waals surface area (Å²) >= 11 is 0. The third-order valence-corrected chi connectivity index (χ3v) is 5.41. The van der Waals surface area contributed by atoms with Gasteiger partial charge in [-0.1, -0.05) is 92.8 Å². The lowest BCUT2D eigenvalue weighted by molar-refractivity contribution is -0.111. The Balaban J connectivity index is 1.81. The number of ether oxygens (including phenoxy) is 1. The Morgan fingerprint density at radius 1 is 0.920 bits per heavy atom. The second-order valence-electron chi connectivity index (χ2n) is 7.09. The summed E-state index contributed by atoms with van der Waals surface area (Å²) in [5.41, 5.74) is 2.37. The molecule has 0 aliphatic heterocycles. The molecule has 1 aliphatic rings. The van der Waals surface area contributed by atoms with Crippen LogP contribution in [-0.4, -0.2) is 6.29 Å². The summed E-state index contributed by atoms with van der Waals surface area (Å²) in [7, 11) is 0. The number of aldehydes is 1. The van der Waals surface area contributed by atoms with Gasteiger partial charge < -0.3 is 9.53 Å². The summed E-state index contributed by atoms with van der Waals surface area (Å²) < 4.78 is 6.42. The van der Waals surface area contributed by atoms with Crippen LogP contribution in [0.5, 0.6) is 0 Å². The predicted molar refractivity (Wildman–Crippen MR) is 101 cm³/mol. The van der Waals surface area contributed by atoms with Crippen molar-refractivity contribution in [3.8, 4) is 0 Å². The van der Waals surface area contributed by atoms with Gasteiger partial charge in [0.15, 0.2) is 0 Å². The van der Waals surface area contributed by atoms with E-state index in [2.05, 4.69) is 36.4 Å². The summed E-state index contributed by atoms with van der Waals surface area (Å²) in [4.78, 5) is 11.4. The monoisotopic (exact) mass is 336 g/mol. The molecule has 0 aromatic heterocycles. The van der Waals surface area contributed by atoms with Gasteiger partial charge in [0, 0.05) is 6.42 Å². The number of rotatable bonds is 8. The number of carbonyl (C=O) groups excluding carboxylic acids is 1. The molecule has 2 unspecified atom stereocenters. The average Bonchev–Trinajstić information content (AvgIpc) is 2.69. The van der Waals surface area contributed by atoms with Gasteiger partial charge in [0.2, 0.25) is 0 Å². The normalized spacial score (nSPS) is 17.8. The average molecular weight is 336 g/mol. The Hall–Kier alpha value is -1.93. The SMILES string of the molecule is O=CCC(C1CCCCC1)C(OCc1ccccc1)c1ccccc1. The molecule has 2 nitrogen and oxygen atoms in total. The second-order valence-corrected chi connectivity index (χ2v) is 7.09. The van der Waals surface area contributed by atoms with Crippen LogP contribution in [0.2, 0.25) is 0 Å². The third kappa shape index (κ3) is 5.02. The largest absolute Gasteiger partial charge is 0.369 e. The molecule has 0 radical (unpaired) electrons. The highest BCUT2D eigenvalue weighted by Crippen LogP contribution is 2.40. The lowest BCUT2D eigenvalue weighted by atomic mass is 9.74. The fourth-order valence-corrected chi connectivity index (χ4v) is 4.11. The molecule has 1 aliphatic carbocycles. The Morgan fingerprint density at radius 2 is 1.56 bits per heavy atom. The lowest BCUT2D eigenvalue weighted by Crippen LogP contribution is -2.26. The number of benzene rings is 2. The van der Waals surface area contributed by atoms with E-state index in [0.717, 1.165) is 6.29 Å². The summed E-state index contributed by atoms with van der Waals surface area (Å²) in [6.45, 7) is 0.586. The molecule has 2 heteroatoms. The quantitative estimate of drug-likeness (QED) is 0.575. The summed E-state index contributed by atoms with van der Waals surface area (Å²) in [5.74, 6) is 0.851. The minimum atomic E-state index is -0.0188. The molecule has 1 fully saturated rings. The summed E-state index contributed by atoms with van der Waals surface area (Å²) in [6, 6.07) is 20.7. The molecular weight excluding hydrogens is 308 g/mol. The van der Waals surface area contributed by atoms with Gasteiger partial charge in [0.1, 0.15) is 6.29 Å². The van der Waals surface area contributed by atoms with E-state index in [0.29, 0.717) is 18.9 Å². The third-order valence-electron chi connectivity index (χ3n) is 5.41. The summed E-state index contributed by atoms with van der Waals surface area (Å²) in [6.07, 6.45) is 7.97. The van der Waals surface area contributed by atoms with E-state index in [1.807, 2.05) is 24.3 Å². The van der Waals surface area contributed by atoms with E-state index in [1.165, 1.54) is 43.2 Å². The zero-order valence-corrected chi connectivity index (χ0v) is 14.8. The molecule has 2 aromatic carbocycles. The molecule has 0 saturated heterocycles. The van der Waals surface area contributed by atoms with Crippen molar-refractivity contribution in [2.75, 3.05) is 0 Å². The topological polar surface area (TPSA) is 26.3 Å². The van der Waals surface area contributed by atoms with Gasteiger partial charge in [-0.2, -0.15) is 0 Å². The van der Waals surface area contributed by atoms with Crippen LogP contribution < -0.4 is 0 Å². The number of carbonyl (C=O) groups is 1. The van der Waals surface area contributed by atoms with Gasteiger partial charge in [-0.15, -0.1) is 0 Å². The van der Waals surface area contributed by atoms with Crippen LogP contribution in [-0.2, 0) is 16.1 Å². The molecule has 3 rings (SSSR count). The van der Waals surface area contributed by atoms with Crippen LogP contribution >= 0.6 is 0 Å². The smallest absolute Gasteiger partial charge is 0.120 e. The highest BCUT2D eigenvalue weighted by Gasteiger charge is 2.32. The van der Waals surface area contributed by atoms with Crippen LogP contribution in [0, 0.1) is 11.8 Å². The van der Waals surface area contributed by atoms with Crippen molar-refractivity contribution in [3.63, 3.8) is 0 Å². The van der Waals surface area contributed by atoms with Crippen LogP contribution in [0.1, 0.15) is 55.8 Å². The van der Waals surface area contributed by atoms with Crippen LogP contribution in [0.3, 0.4) is 0 Å². The molecule has 0 spiro atoms. The van der Waals surface area contributed by atoms with E-state index < -0.39 is 0 Å². The Bertz CT molecular complexity index is 617. The van der Waals surface area contributed by atoms with Gasteiger partial charge in [0.25, 0.3) is 0 Å². The zero-order chi connectivity index (χ0) is 17.3. The van der Waals surface area contributed by atoms with Crippen molar-refractivity contribution < 1.29 is 9.53 Å². The Kier molecular flexibility index (Phi) is 6.81. The molecular formula is C23H28O2. The van der Waals surface area contributed by atoms with Gasteiger partial charge in [-0.3, -0.25) is 0 Å². The fraction of sp³-hybridized carbons (Fsp3) is 0.435. The maximum absolute atomic E-state index is 11.4. The van der Waals surface area contributed by atoms with Gasteiger partial charge in [0.05, 0.1) is 12.7 Å². The first-order valence-electron chi connectivity index (χ1n) is 9.52. The molecule has 2 aromatic rings. The molecule has 0 amide bonds. The number of hydrogen-bond acceptors (Lipinski definition) is 2. The highest BCUT2D eigenvalue weighted by molar-refractivity contribution is 5.50. The lowest BCUT2D eigenvalue weighted by Gasteiger charge is -2.35. The van der Waals surface area contributed by atoms with E-state index in [1.54, 1.807) is 0 Å². The molecule has 2 atom stereocenters. The maximum atomic E-state index is 11.4. The first-order chi connectivity index (χ1) is 12.4. The van der Waals surface area contributed by atoms with Crippen molar-refractivity contribution in [1.82, 2.24) is 0 Å². The number of hydrogen-bond donors (Lipinski definition) is 0. The van der Waals surface area contributed by atoms with E-state index in [4.69, 9.17) is 4.74 Å². The van der Waals surface area contributed by atoms with E-state index in [9.17, 15) is 4.79 Å².